The molecule has 0 radical (unpaired) electrons. The van der Waals surface area contributed by atoms with Gasteiger partial charge in [-0.1, -0.05) is 6.07 Å². The van der Waals surface area contributed by atoms with E-state index in [0.717, 1.165) is 0 Å². The van der Waals surface area contributed by atoms with Crippen molar-refractivity contribution in [1.29, 1.82) is 0 Å². The van der Waals surface area contributed by atoms with E-state index >= 15 is 0 Å². The summed E-state index contributed by atoms with van der Waals surface area (Å²) in [6.07, 6.45) is 1.71. The quantitative estimate of drug-likeness (QED) is 0.658. The highest BCUT2D eigenvalue weighted by Gasteiger charge is 2.22. The normalized spacial score (nSPS) is 12.4. The molecule has 0 aliphatic carbocycles. The molecule has 0 spiro atoms. The van der Waals surface area contributed by atoms with Gasteiger partial charge < -0.3 is 25.0 Å². The van der Waals surface area contributed by atoms with Crippen LogP contribution in [0.3, 0.4) is 0 Å². The Labute approximate surface area is 167 Å². The van der Waals surface area contributed by atoms with E-state index in [9.17, 15) is 9.59 Å². The number of nitrogens with zero attached hydrogens (tertiary/aromatic N) is 3. The third-order valence-electron chi connectivity index (χ3n) is 4.44. The number of hydrogen-bond acceptors (Lipinski definition) is 6. The number of fused-ring (bicyclic) bond motifs is 2. The zero-order chi connectivity index (χ0) is 20.4. The standard InChI is InChI=1S/C20H21N5O4/c1-24(2)10-8-21-20(27)18-23-17(14-5-3-4-9-25(14)18)19(26)22-13-6-7-15-16(11-13)29-12-28-15/h3-7,9,11H,8,10,12H2,1-2H3,(H,21,27)(H,22,26). The average Bonchev–Trinajstić information content (AvgIpc) is 3.32. The molecule has 29 heavy (non-hydrogen) atoms. The summed E-state index contributed by atoms with van der Waals surface area (Å²) < 4.78 is 12.2. The van der Waals surface area contributed by atoms with Crippen LogP contribution < -0.4 is 20.1 Å². The van der Waals surface area contributed by atoms with E-state index in [1.165, 1.54) is 0 Å². The van der Waals surface area contributed by atoms with Gasteiger partial charge in [-0.15, -0.1) is 0 Å². The second-order valence-corrected chi connectivity index (χ2v) is 6.82. The monoisotopic (exact) mass is 395 g/mol. The smallest absolute Gasteiger partial charge is 0.287 e. The van der Waals surface area contributed by atoms with Crippen LogP contribution in [0, 0.1) is 0 Å². The predicted octanol–water partition coefficient (Wildman–Crippen LogP) is 1.61. The van der Waals surface area contributed by atoms with Crippen LogP contribution >= 0.6 is 0 Å². The minimum atomic E-state index is -0.417. The minimum Gasteiger partial charge on any atom is -0.454 e. The first-order chi connectivity index (χ1) is 14.0. The summed E-state index contributed by atoms with van der Waals surface area (Å²) in [6.45, 7) is 1.34. The predicted molar refractivity (Wildman–Crippen MR) is 107 cm³/mol. The average molecular weight is 395 g/mol. The highest BCUT2D eigenvalue weighted by atomic mass is 16.7. The maximum absolute atomic E-state index is 12.9. The number of nitrogens with one attached hydrogen (secondary N) is 2. The van der Waals surface area contributed by atoms with E-state index < -0.39 is 5.91 Å². The molecule has 2 amide bonds. The number of likely N-dealkylation sites (N-methyl/N-ethyl adjacent to an activating group) is 1. The number of imidazole rings is 1. The molecule has 4 rings (SSSR count). The number of rotatable bonds is 6. The van der Waals surface area contributed by atoms with E-state index in [-0.39, 0.29) is 24.2 Å². The van der Waals surface area contributed by atoms with Crippen LogP contribution in [0.2, 0.25) is 0 Å². The number of benzene rings is 1. The number of carbonyl (C=O) groups excluding carboxylic acids is 2. The number of ether oxygens (including phenoxy) is 2. The summed E-state index contributed by atoms with van der Waals surface area (Å²) in [6, 6.07) is 10.5. The van der Waals surface area contributed by atoms with Crippen molar-refractivity contribution in [2.45, 2.75) is 0 Å². The number of pyridine rings is 1. The Bertz CT molecular complexity index is 1080. The van der Waals surface area contributed by atoms with Crippen molar-refractivity contribution in [3.63, 3.8) is 0 Å². The molecule has 3 heterocycles. The number of aromatic nitrogens is 2. The molecular weight excluding hydrogens is 374 g/mol. The molecule has 1 aliphatic heterocycles. The lowest BCUT2D eigenvalue weighted by Gasteiger charge is -2.09. The minimum absolute atomic E-state index is 0.157. The van der Waals surface area contributed by atoms with E-state index in [1.807, 2.05) is 19.0 Å². The van der Waals surface area contributed by atoms with Crippen LogP contribution in [0.5, 0.6) is 11.5 Å². The topological polar surface area (TPSA) is 97.2 Å². The summed E-state index contributed by atoms with van der Waals surface area (Å²) in [5, 5.41) is 5.63. The number of carbonyl (C=O) groups is 2. The van der Waals surface area contributed by atoms with Crippen molar-refractivity contribution >= 4 is 23.0 Å². The van der Waals surface area contributed by atoms with Crippen LogP contribution in [0.25, 0.3) is 5.52 Å². The van der Waals surface area contributed by atoms with E-state index in [0.29, 0.717) is 35.8 Å². The highest BCUT2D eigenvalue weighted by molar-refractivity contribution is 6.09. The van der Waals surface area contributed by atoms with Gasteiger partial charge in [0, 0.05) is 31.0 Å². The van der Waals surface area contributed by atoms with Crippen LogP contribution in [-0.4, -0.2) is 60.1 Å². The fourth-order valence-corrected chi connectivity index (χ4v) is 3.00. The molecule has 2 aromatic heterocycles. The molecule has 1 aliphatic rings. The Morgan fingerprint density at radius 1 is 1.14 bits per heavy atom. The fourth-order valence-electron chi connectivity index (χ4n) is 3.00. The van der Waals surface area contributed by atoms with Gasteiger partial charge in [0.05, 0.1) is 5.52 Å². The number of amides is 2. The molecule has 0 atom stereocenters. The van der Waals surface area contributed by atoms with Gasteiger partial charge in [-0.3, -0.25) is 14.0 Å². The van der Waals surface area contributed by atoms with Gasteiger partial charge in [0.25, 0.3) is 11.8 Å². The van der Waals surface area contributed by atoms with Crippen LogP contribution in [0.15, 0.2) is 42.6 Å². The fraction of sp³-hybridized carbons (Fsp3) is 0.250. The van der Waals surface area contributed by atoms with Crippen LogP contribution in [0.1, 0.15) is 21.1 Å². The van der Waals surface area contributed by atoms with Crippen molar-refractivity contribution in [1.82, 2.24) is 19.6 Å². The molecule has 0 saturated heterocycles. The van der Waals surface area contributed by atoms with Crippen molar-refractivity contribution in [3.05, 3.63) is 54.1 Å². The lowest BCUT2D eigenvalue weighted by atomic mass is 10.2. The Morgan fingerprint density at radius 3 is 2.79 bits per heavy atom. The zero-order valence-corrected chi connectivity index (χ0v) is 16.1. The molecule has 9 heteroatoms. The van der Waals surface area contributed by atoms with Gasteiger partial charge in [-0.05, 0) is 38.4 Å². The van der Waals surface area contributed by atoms with E-state index in [2.05, 4.69) is 15.6 Å². The van der Waals surface area contributed by atoms with Gasteiger partial charge in [0.15, 0.2) is 17.2 Å². The number of anilines is 1. The first-order valence-electron chi connectivity index (χ1n) is 9.14. The Kier molecular flexibility index (Phi) is 5.05. The third-order valence-corrected chi connectivity index (χ3v) is 4.44. The molecule has 0 saturated carbocycles. The molecule has 0 unspecified atom stereocenters. The Balaban J connectivity index is 1.58. The summed E-state index contributed by atoms with van der Waals surface area (Å²) >= 11 is 0. The molecule has 0 bridgehead atoms. The zero-order valence-electron chi connectivity index (χ0n) is 16.1. The van der Waals surface area contributed by atoms with Crippen molar-refractivity contribution in [2.75, 3.05) is 39.3 Å². The first kappa shape index (κ1) is 18.8. The molecule has 150 valence electrons. The molecule has 1 aromatic carbocycles. The summed E-state index contributed by atoms with van der Waals surface area (Å²) in [5.74, 6) is 0.607. The molecule has 3 aromatic rings. The maximum atomic E-state index is 12.9. The Hall–Kier alpha value is -3.59. The summed E-state index contributed by atoms with van der Waals surface area (Å²) in [4.78, 5) is 31.7. The summed E-state index contributed by atoms with van der Waals surface area (Å²) in [5.41, 5.74) is 1.26. The lowest BCUT2D eigenvalue weighted by Crippen LogP contribution is -2.32. The van der Waals surface area contributed by atoms with Gasteiger partial charge >= 0.3 is 0 Å². The third kappa shape index (κ3) is 3.85. The Morgan fingerprint density at radius 2 is 1.97 bits per heavy atom. The van der Waals surface area contributed by atoms with E-state index in [4.69, 9.17) is 9.47 Å². The summed E-state index contributed by atoms with van der Waals surface area (Å²) in [7, 11) is 3.85. The second kappa shape index (κ2) is 7.80. The van der Waals surface area contributed by atoms with Crippen molar-refractivity contribution in [2.24, 2.45) is 0 Å². The molecule has 9 nitrogen and oxygen atoms in total. The molecule has 0 fully saturated rings. The van der Waals surface area contributed by atoms with Gasteiger partial charge in [0.2, 0.25) is 12.6 Å². The van der Waals surface area contributed by atoms with Gasteiger partial charge in [-0.25, -0.2) is 4.98 Å². The van der Waals surface area contributed by atoms with Gasteiger partial charge in [-0.2, -0.15) is 0 Å². The molecular formula is C20H21N5O4. The van der Waals surface area contributed by atoms with E-state index in [1.54, 1.807) is 47.0 Å². The lowest BCUT2D eigenvalue weighted by molar-refractivity contribution is 0.0940. The SMILES string of the molecule is CN(C)CCNC(=O)c1nc(C(=O)Nc2ccc3c(c2)OCO3)c2ccccn12. The van der Waals surface area contributed by atoms with Crippen molar-refractivity contribution < 1.29 is 19.1 Å². The second-order valence-electron chi connectivity index (χ2n) is 6.82. The maximum Gasteiger partial charge on any atom is 0.287 e. The number of hydrogen-bond donors (Lipinski definition) is 2. The highest BCUT2D eigenvalue weighted by Crippen LogP contribution is 2.34. The van der Waals surface area contributed by atoms with Crippen molar-refractivity contribution in [3.8, 4) is 11.5 Å². The van der Waals surface area contributed by atoms with Crippen LogP contribution in [0.4, 0.5) is 5.69 Å². The largest absolute Gasteiger partial charge is 0.454 e. The van der Waals surface area contributed by atoms with Gasteiger partial charge in [0.1, 0.15) is 0 Å². The van der Waals surface area contributed by atoms with Crippen LogP contribution in [-0.2, 0) is 0 Å². The first-order valence-corrected chi connectivity index (χ1v) is 9.14. The molecule has 2 N–H and O–H groups in total.